The van der Waals surface area contributed by atoms with E-state index in [2.05, 4.69) is 24.1 Å². The maximum absolute atomic E-state index is 10.1. The molecule has 2 fully saturated rings. The Morgan fingerprint density at radius 3 is 2.47 bits per heavy atom. The molecule has 1 aliphatic heterocycles. The highest BCUT2D eigenvalue weighted by Crippen LogP contribution is 2.27. The highest BCUT2D eigenvalue weighted by molar-refractivity contribution is 4.92. The molecule has 2 aliphatic rings. The summed E-state index contributed by atoms with van der Waals surface area (Å²) < 4.78 is 0. The Morgan fingerprint density at radius 2 is 1.94 bits per heavy atom. The number of aliphatic hydroxyl groups excluding tert-OH is 1. The molecule has 2 unspecified atom stereocenters. The average molecular weight is 240 g/mol. The summed E-state index contributed by atoms with van der Waals surface area (Å²) in [6.45, 7) is 7.48. The maximum atomic E-state index is 10.1. The van der Waals surface area contributed by atoms with Crippen molar-refractivity contribution >= 4 is 0 Å². The summed E-state index contributed by atoms with van der Waals surface area (Å²) in [6.07, 6.45) is 6.50. The molecule has 2 rings (SSSR count). The quantitative estimate of drug-likeness (QED) is 0.766. The van der Waals surface area contributed by atoms with E-state index >= 15 is 0 Å². The van der Waals surface area contributed by atoms with Crippen LogP contribution in [0.15, 0.2) is 0 Å². The number of nitrogens with one attached hydrogen (secondary N) is 1. The van der Waals surface area contributed by atoms with Crippen LogP contribution in [0.5, 0.6) is 0 Å². The fraction of sp³-hybridized carbons (Fsp3) is 1.00. The lowest BCUT2D eigenvalue weighted by molar-refractivity contribution is 0.0517. The van der Waals surface area contributed by atoms with Gasteiger partial charge in [0.15, 0.2) is 0 Å². The number of hydrogen-bond acceptors (Lipinski definition) is 3. The number of β-amino-alcohol motifs (C(OH)–C–C–N with tert-alkyl or cyclic N) is 1. The van der Waals surface area contributed by atoms with Gasteiger partial charge < -0.3 is 10.4 Å². The van der Waals surface area contributed by atoms with Gasteiger partial charge in [0.2, 0.25) is 0 Å². The number of rotatable bonds is 5. The van der Waals surface area contributed by atoms with Crippen molar-refractivity contribution in [2.75, 3.05) is 19.6 Å². The molecule has 100 valence electrons. The first kappa shape index (κ1) is 13.3. The molecule has 0 amide bonds. The van der Waals surface area contributed by atoms with Gasteiger partial charge in [-0.05, 0) is 31.7 Å². The number of nitrogens with zero attached hydrogens (tertiary/aromatic N) is 1. The number of hydrogen-bond donors (Lipinski definition) is 2. The van der Waals surface area contributed by atoms with Gasteiger partial charge in [0.25, 0.3) is 0 Å². The second-order valence-corrected chi connectivity index (χ2v) is 6.15. The normalized spacial score (nSPS) is 30.9. The molecule has 2 N–H and O–H groups in total. The van der Waals surface area contributed by atoms with Crippen LogP contribution in [0.3, 0.4) is 0 Å². The minimum Gasteiger partial charge on any atom is -0.390 e. The van der Waals surface area contributed by atoms with Gasteiger partial charge in [-0.15, -0.1) is 0 Å². The van der Waals surface area contributed by atoms with Crippen LogP contribution in [0.25, 0.3) is 0 Å². The summed E-state index contributed by atoms with van der Waals surface area (Å²) in [5, 5.41) is 13.4. The minimum absolute atomic E-state index is 0.164. The predicted molar refractivity (Wildman–Crippen MR) is 71.1 cm³/mol. The second-order valence-electron chi connectivity index (χ2n) is 6.15. The molecule has 3 heteroatoms. The molecule has 0 spiro atoms. The van der Waals surface area contributed by atoms with Gasteiger partial charge in [-0.25, -0.2) is 0 Å². The van der Waals surface area contributed by atoms with Crippen molar-refractivity contribution in [3.05, 3.63) is 0 Å². The van der Waals surface area contributed by atoms with Crippen LogP contribution in [0.2, 0.25) is 0 Å². The zero-order valence-electron chi connectivity index (χ0n) is 11.4. The molecule has 0 aromatic heterocycles. The highest BCUT2D eigenvalue weighted by Gasteiger charge is 2.35. The summed E-state index contributed by atoms with van der Waals surface area (Å²) in [5.74, 6) is 0.755. The van der Waals surface area contributed by atoms with Crippen LogP contribution in [0.1, 0.15) is 46.0 Å². The van der Waals surface area contributed by atoms with Gasteiger partial charge in [-0.2, -0.15) is 0 Å². The third kappa shape index (κ3) is 3.43. The standard InChI is InChI=1S/C14H28N2O/c1-11(2)7-8-16(12-5-3-4-6-12)13-9-15-10-14(13)17/h11-15,17H,3-10H2,1-2H3. The van der Waals surface area contributed by atoms with E-state index in [9.17, 15) is 5.11 Å². The van der Waals surface area contributed by atoms with Crippen molar-refractivity contribution in [1.29, 1.82) is 0 Å². The van der Waals surface area contributed by atoms with Gasteiger partial charge >= 0.3 is 0 Å². The molecular weight excluding hydrogens is 212 g/mol. The Hall–Kier alpha value is -0.120. The van der Waals surface area contributed by atoms with Gasteiger partial charge in [0.05, 0.1) is 6.10 Å². The molecule has 0 aromatic rings. The van der Waals surface area contributed by atoms with Crippen molar-refractivity contribution in [2.24, 2.45) is 5.92 Å². The van der Waals surface area contributed by atoms with E-state index in [0.29, 0.717) is 6.04 Å². The van der Waals surface area contributed by atoms with Crippen LogP contribution in [-0.2, 0) is 0 Å². The van der Waals surface area contributed by atoms with Crippen molar-refractivity contribution in [1.82, 2.24) is 10.2 Å². The fourth-order valence-electron chi connectivity index (χ4n) is 3.25. The van der Waals surface area contributed by atoms with Gasteiger partial charge in [0.1, 0.15) is 0 Å². The molecule has 2 atom stereocenters. The Kier molecular flexibility index (Phi) is 4.83. The van der Waals surface area contributed by atoms with Crippen molar-refractivity contribution in [3.63, 3.8) is 0 Å². The van der Waals surface area contributed by atoms with E-state index in [1.54, 1.807) is 0 Å². The Bertz CT molecular complexity index is 226. The summed E-state index contributed by atoms with van der Waals surface area (Å²) >= 11 is 0. The first-order valence-electron chi connectivity index (χ1n) is 7.33. The van der Waals surface area contributed by atoms with Crippen LogP contribution >= 0.6 is 0 Å². The fourth-order valence-corrected chi connectivity index (χ4v) is 3.25. The summed E-state index contributed by atoms with van der Waals surface area (Å²) in [5.41, 5.74) is 0. The molecule has 1 aliphatic carbocycles. The lowest BCUT2D eigenvalue weighted by Gasteiger charge is -2.36. The van der Waals surface area contributed by atoms with Gasteiger partial charge in [0, 0.05) is 25.2 Å². The third-order valence-electron chi connectivity index (χ3n) is 4.34. The van der Waals surface area contributed by atoms with E-state index in [4.69, 9.17) is 0 Å². The molecule has 1 saturated heterocycles. The highest BCUT2D eigenvalue weighted by atomic mass is 16.3. The summed E-state index contributed by atoms with van der Waals surface area (Å²) in [7, 11) is 0. The smallest absolute Gasteiger partial charge is 0.0831 e. The van der Waals surface area contributed by atoms with E-state index in [0.717, 1.165) is 31.6 Å². The molecular formula is C14H28N2O. The van der Waals surface area contributed by atoms with E-state index in [1.807, 2.05) is 0 Å². The van der Waals surface area contributed by atoms with E-state index < -0.39 is 0 Å². The average Bonchev–Trinajstić information content (AvgIpc) is 2.91. The first-order chi connectivity index (χ1) is 8.18. The van der Waals surface area contributed by atoms with Crippen LogP contribution in [0, 0.1) is 5.92 Å². The first-order valence-corrected chi connectivity index (χ1v) is 7.33. The lowest BCUT2D eigenvalue weighted by atomic mass is 10.0. The summed E-state index contributed by atoms with van der Waals surface area (Å²) in [4.78, 5) is 2.61. The topological polar surface area (TPSA) is 35.5 Å². The van der Waals surface area contributed by atoms with Crippen molar-refractivity contribution < 1.29 is 5.11 Å². The largest absolute Gasteiger partial charge is 0.390 e. The van der Waals surface area contributed by atoms with Crippen molar-refractivity contribution in [2.45, 2.75) is 64.1 Å². The minimum atomic E-state index is -0.164. The zero-order chi connectivity index (χ0) is 12.3. The molecule has 0 aromatic carbocycles. The Labute approximate surface area is 106 Å². The van der Waals surface area contributed by atoms with Gasteiger partial charge in [-0.3, -0.25) is 4.90 Å². The molecule has 1 saturated carbocycles. The molecule has 3 nitrogen and oxygen atoms in total. The summed E-state index contributed by atoms with van der Waals surface area (Å²) in [6, 6.07) is 1.09. The monoisotopic (exact) mass is 240 g/mol. The van der Waals surface area contributed by atoms with Crippen LogP contribution in [-0.4, -0.2) is 47.8 Å². The SMILES string of the molecule is CC(C)CCN(C1CCCC1)C1CNCC1O. The molecule has 1 heterocycles. The van der Waals surface area contributed by atoms with E-state index in [-0.39, 0.29) is 6.10 Å². The zero-order valence-corrected chi connectivity index (χ0v) is 11.4. The number of aliphatic hydroxyl groups is 1. The van der Waals surface area contributed by atoms with Crippen LogP contribution in [0.4, 0.5) is 0 Å². The molecule has 17 heavy (non-hydrogen) atoms. The van der Waals surface area contributed by atoms with E-state index in [1.165, 1.54) is 32.1 Å². The van der Waals surface area contributed by atoms with Gasteiger partial charge in [-0.1, -0.05) is 26.7 Å². The maximum Gasteiger partial charge on any atom is 0.0831 e. The second kappa shape index (κ2) is 6.17. The predicted octanol–water partition coefficient (Wildman–Crippen LogP) is 1.61. The van der Waals surface area contributed by atoms with Crippen LogP contribution < -0.4 is 5.32 Å². The molecule has 0 radical (unpaired) electrons. The van der Waals surface area contributed by atoms with Crippen molar-refractivity contribution in [3.8, 4) is 0 Å². The Morgan fingerprint density at radius 1 is 1.24 bits per heavy atom. The Balaban J connectivity index is 1.95. The molecule has 0 bridgehead atoms. The third-order valence-corrected chi connectivity index (χ3v) is 4.34. The lowest BCUT2D eigenvalue weighted by Crippen LogP contribution is -2.48.